The molecule has 0 spiro atoms. The molecule has 0 atom stereocenters. The molecule has 134 valence electrons. The molecule has 7 heteroatoms. The Hall–Kier alpha value is -3.11. The van der Waals surface area contributed by atoms with E-state index in [1.54, 1.807) is 41.3 Å². The van der Waals surface area contributed by atoms with Crippen molar-refractivity contribution in [2.24, 2.45) is 0 Å². The number of nitrogens with one attached hydrogen (secondary N) is 1. The lowest BCUT2D eigenvalue weighted by atomic mass is 10.2. The molecule has 1 aromatic carbocycles. The highest BCUT2D eigenvalue weighted by molar-refractivity contribution is 5.92. The second-order valence-corrected chi connectivity index (χ2v) is 6.07. The number of amides is 2. The lowest BCUT2D eigenvalue weighted by Gasteiger charge is -2.34. The SMILES string of the molecule is N#Cc1ccccc1NC(=O)CCN1CCN(C(=O)c2ccco2)CC1. The Morgan fingerprint density at radius 3 is 2.58 bits per heavy atom. The number of nitrogens with zero attached hydrogens (tertiary/aromatic N) is 3. The van der Waals surface area contributed by atoms with Crippen molar-refractivity contribution in [1.82, 2.24) is 9.80 Å². The fourth-order valence-electron chi connectivity index (χ4n) is 2.89. The van der Waals surface area contributed by atoms with Crippen molar-refractivity contribution in [2.45, 2.75) is 6.42 Å². The van der Waals surface area contributed by atoms with Crippen LogP contribution < -0.4 is 5.32 Å². The van der Waals surface area contributed by atoms with E-state index in [4.69, 9.17) is 9.68 Å². The number of nitriles is 1. The summed E-state index contributed by atoms with van der Waals surface area (Å²) >= 11 is 0. The summed E-state index contributed by atoms with van der Waals surface area (Å²) in [6.45, 7) is 3.27. The van der Waals surface area contributed by atoms with E-state index in [0.29, 0.717) is 56.2 Å². The highest BCUT2D eigenvalue weighted by Crippen LogP contribution is 2.14. The first-order valence-corrected chi connectivity index (χ1v) is 8.51. The number of rotatable bonds is 5. The molecule has 3 rings (SSSR count). The molecule has 1 fully saturated rings. The number of carbonyl (C=O) groups excluding carboxylic acids is 2. The van der Waals surface area contributed by atoms with Gasteiger partial charge in [0.1, 0.15) is 6.07 Å². The smallest absolute Gasteiger partial charge is 0.289 e. The minimum absolute atomic E-state index is 0.0968. The standard InChI is InChI=1S/C19H20N4O3/c20-14-15-4-1-2-5-16(15)21-18(24)7-8-22-9-11-23(12-10-22)19(25)17-6-3-13-26-17/h1-6,13H,7-12H2,(H,21,24). The predicted molar refractivity (Wildman–Crippen MR) is 95.5 cm³/mol. The molecule has 1 aliphatic heterocycles. The summed E-state index contributed by atoms with van der Waals surface area (Å²) in [4.78, 5) is 28.3. The number of benzene rings is 1. The van der Waals surface area contributed by atoms with Gasteiger partial charge in [-0.3, -0.25) is 14.5 Å². The zero-order chi connectivity index (χ0) is 18.4. The van der Waals surface area contributed by atoms with Crippen LogP contribution in [0.4, 0.5) is 5.69 Å². The Kier molecular flexibility index (Phi) is 5.66. The maximum absolute atomic E-state index is 12.2. The van der Waals surface area contributed by atoms with E-state index in [1.165, 1.54) is 6.26 Å². The van der Waals surface area contributed by atoms with E-state index in [0.717, 1.165) is 0 Å². The molecule has 7 nitrogen and oxygen atoms in total. The molecule has 1 aliphatic rings. The molecule has 0 saturated carbocycles. The fraction of sp³-hybridized carbons (Fsp3) is 0.316. The highest BCUT2D eigenvalue weighted by Gasteiger charge is 2.23. The maximum atomic E-state index is 12.2. The number of hydrogen-bond acceptors (Lipinski definition) is 5. The van der Waals surface area contributed by atoms with Crippen molar-refractivity contribution >= 4 is 17.5 Å². The summed E-state index contributed by atoms with van der Waals surface area (Å²) in [5.41, 5.74) is 0.986. The van der Waals surface area contributed by atoms with Crippen LogP contribution in [0.2, 0.25) is 0 Å². The third-order valence-corrected chi connectivity index (χ3v) is 4.37. The summed E-state index contributed by atoms with van der Waals surface area (Å²) in [6, 6.07) is 12.4. The first-order valence-electron chi connectivity index (χ1n) is 8.51. The maximum Gasteiger partial charge on any atom is 0.289 e. The van der Waals surface area contributed by atoms with E-state index in [-0.39, 0.29) is 11.8 Å². The van der Waals surface area contributed by atoms with Crippen LogP contribution in [0.1, 0.15) is 22.5 Å². The molecule has 26 heavy (non-hydrogen) atoms. The third-order valence-electron chi connectivity index (χ3n) is 4.37. The predicted octanol–water partition coefficient (Wildman–Crippen LogP) is 1.94. The van der Waals surface area contributed by atoms with Crippen LogP contribution in [0.15, 0.2) is 47.1 Å². The van der Waals surface area contributed by atoms with E-state index >= 15 is 0 Å². The number of para-hydroxylation sites is 1. The van der Waals surface area contributed by atoms with Gasteiger partial charge in [0.25, 0.3) is 5.91 Å². The van der Waals surface area contributed by atoms with Crippen LogP contribution in [0.25, 0.3) is 0 Å². The third kappa shape index (κ3) is 4.29. The molecule has 1 saturated heterocycles. The fourth-order valence-corrected chi connectivity index (χ4v) is 2.89. The van der Waals surface area contributed by atoms with Gasteiger partial charge in [-0.25, -0.2) is 0 Å². The first-order chi connectivity index (χ1) is 12.7. The van der Waals surface area contributed by atoms with Gasteiger partial charge in [-0.15, -0.1) is 0 Å². The molecular formula is C19H20N4O3. The normalized spacial score (nSPS) is 14.7. The van der Waals surface area contributed by atoms with Crippen LogP contribution in [0, 0.1) is 11.3 Å². The van der Waals surface area contributed by atoms with Crippen molar-refractivity contribution in [2.75, 3.05) is 38.0 Å². The zero-order valence-electron chi connectivity index (χ0n) is 14.4. The van der Waals surface area contributed by atoms with Gasteiger partial charge < -0.3 is 14.6 Å². The summed E-state index contributed by atoms with van der Waals surface area (Å²) < 4.78 is 5.15. The van der Waals surface area contributed by atoms with E-state index < -0.39 is 0 Å². The Labute approximate surface area is 151 Å². The van der Waals surface area contributed by atoms with E-state index in [9.17, 15) is 9.59 Å². The molecule has 0 bridgehead atoms. The van der Waals surface area contributed by atoms with E-state index in [1.807, 2.05) is 0 Å². The van der Waals surface area contributed by atoms with Crippen molar-refractivity contribution in [3.05, 3.63) is 54.0 Å². The van der Waals surface area contributed by atoms with Crippen LogP contribution in [-0.4, -0.2) is 54.3 Å². The van der Waals surface area contributed by atoms with Crippen LogP contribution in [-0.2, 0) is 4.79 Å². The van der Waals surface area contributed by atoms with Gasteiger partial charge in [0.2, 0.25) is 5.91 Å². The Bertz CT molecular complexity index is 802. The van der Waals surface area contributed by atoms with E-state index in [2.05, 4.69) is 16.3 Å². The lowest BCUT2D eigenvalue weighted by molar-refractivity contribution is -0.116. The van der Waals surface area contributed by atoms with Gasteiger partial charge in [0.15, 0.2) is 5.76 Å². The van der Waals surface area contributed by atoms with Crippen molar-refractivity contribution in [3.8, 4) is 6.07 Å². The largest absolute Gasteiger partial charge is 0.459 e. The van der Waals surface area contributed by atoms with Gasteiger partial charge in [-0.05, 0) is 24.3 Å². The zero-order valence-corrected chi connectivity index (χ0v) is 14.4. The van der Waals surface area contributed by atoms with Crippen LogP contribution >= 0.6 is 0 Å². The molecule has 2 amide bonds. The molecule has 0 aliphatic carbocycles. The van der Waals surface area contributed by atoms with Crippen molar-refractivity contribution in [3.63, 3.8) is 0 Å². The molecular weight excluding hydrogens is 332 g/mol. The highest BCUT2D eigenvalue weighted by atomic mass is 16.3. The number of hydrogen-bond donors (Lipinski definition) is 1. The van der Waals surface area contributed by atoms with Gasteiger partial charge in [0.05, 0.1) is 17.5 Å². The van der Waals surface area contributed by atoms with Crippen molar-refractivity contribution in [1.29, 1.82) is 5.26 Å². The topological polar surface area (TPSA) is 89.6 Å². The summed E-state index contributed by atoms with van der Waals surface area (Å²) in [5.74, 6) is 0.135. The molecule has 2 aromatic rings. The number of furan rings is 1. The van der Waals surface area contributed by atoms with Crippen molar-refractivity contribution < 1.29 is 14.0 Å². The number of piperazine rings is 1. The summed E-state index contributed by atoms with van der Waals surface area (Å²) in [6.07, 6.45) is 1.83. The minimum Gasteiger partial charge on any atom is -0.459 e. The Morgan fingerprint density at radius 1 is 1.12 bits per heavy atom. The molecule has 0 unspecified atom stereocenters. The van der Waals surface area contributed by atoms with Gasteiger partial charge >= 0.3 is 0 Å². The lowest BCUT2D eigenvalue weighted by Crippen LogP contribution is -2.49. The van der Waals surface area contributed by atoms with Gasteiger partial charge in [0, 0.05) is 39.1 Å². The number of carbonyl (C=O) groups is 2. The first kappa shape index (κ1) is 17.7. The van der Waals surface area contributed by atoms with Crippen LogP contribution in [0.3, 0.4) is 0 Å². The molecule has 0 radical (unpaired) electrons. The summed E-state index contributed by atoms with van der Waals surface area (Å²) in [5, 5.41) is 11.8. The second kappa shape index (κ2) is 8.32. The molecule has 2 heterocycles. The number of anilines is 1. The average molecular weight is 352 g/mol. The minimum atomic E-state index is -0.123. The monoisotopic (exact) mass is 352 g/mol. The van der Waals surface area contributed by atoms with Gasteiger partial charge in [-0.2, -0.15) is 5.26 Å². The molecule has 1 N–H and O–H groups in total. The quantitative estimate of drug-likeness (QED) is 0.888. The molecule has 1 aromatic heterocycles. The van der Waals surface area contributed by atoms with Gasteiger partial charge in [-0.1, -0.05) is 12.1 Å². The Balaban J connectivity index is 1.43. The van der Waals surface area contributed by atoms with Crippen LogP contribution in [0.5, 0.6) is 0 Å². The summed E-state index contributed by atoms with van der Waals surface area (Å²) in [7, 11) is 0. The second-order valence-electron chi connectivity index (χ2n) is 6.07. The Morgan fingerprint density at radius 2 is 1.88 bits per heavy atom. The average Bonchev–Trinajstić information content (AvgIpc) is 3.21.